The number of quaternary nitrogens is 1. The number of para-hydroxylation sites is 1. The van der Waals surface area contributed by atoms with Gasteiger partial charge in [-0.25, -0.2) is 0 Å². The van der Waals surface area contributed by atoms with Crippen LogP contribution in [0, 0.1) is 13.8 Å². The fourth-order valence-electron chi connectivity index (χ4n) is 4.44. The van der Waals surface area contributed by atoms with Gasteiger partial charge < -0.3 is 31.5 Å². The summed E-state index contributed by atoms with van der Waals surface area (Å²) in [4.78, 5) is 25.0. The first-order valence-corrected chi connectivity index (χ1v) is 10.9. The Kier molecular flexibility index (Phi) is 9.26. The summed E-state index contributed by atoms with van der Waals surface area (Å²) in [5, 5.41) is 3.14. The number of esters is 1. The molecule has 1 saturated heterocycles. The van der Waals surface area contributed by atoms with Gasteiger partial charge in [-0.05, 0) is 31.4 Å². The van der Waals surface area contributed by atoms with E-state index in [9.17, 15) is 9.59 Å². The van der Waals surface area contributed by atoms with Crippen LogP contribution in [-0.4, -0.2) is 42.1 Å². The van der Waals surface area contributed by atoms with Crippen LogP contribution in [0.1, 0.15) is 42.9 Å². The van der Waals surface area contributed by atoms with Crippen molar-refractivity contribution in [2.24, 2.45) is 0 Å². The van der Waals surface area contributed by atoms with E-state index in [2.05, 4.69) is 17.4 Å². The molecule has 2 aromatic rings. The van der Waals surface area contributed by atoms with Gasteiger partial charge in [-0.15, -0.1) is 0 Å². The van der Waals surface area contributed by atoms with E-state index in [0.717, 1.165) is 42.7 Å². The summed E-state index contributed by atoms with van der Waals surface area (Å²) in [5.74, 6) is -0.162. The Morgan fingerprint density at radius 2 is 1.74 bits per heavy atom. The number of anilines is 1. The zero-order valence-corrected chi connectivity index (χ0v) is 20.3. The number of rotatable bonds is 7. The van der Waals surface area contributed by atoms with Gasteiger partial charge in [0.15, 0.2) is 12.6 Å². The Bertz CT molecular complexity index is 867. The molecule has 2 atom stereocenters. The highest BCUT2D eigenvalue weighted by Crippen LogP contribution is 2.26. The zero-order valence-electron chi connectivity index (χ0n) is 18.7. The standard InChI is InChI=1S/C25H32N2O3.BrH/c1-4-24(29)30-22-14-9-15-27(17-22,16-21-12-6-5-7-13-21)18-23(28)26-25-19(2)10-8-11-20(25)3;/h5-8,10-13,22H,4,9,14-18H2,1-3H3;1H. The number of amides is 1. The van der Waals surface area contributed by atoms with Crippen LogP contribution in [-0.2, 0) is 20.9 Å². The van der Waals surface area contributed by atoms with Crippen molar-refractivity contribution < 1.29 is 35.8 Å². The molecule has 1 aliphatic rings. The lowest BCUT2D eigenvalue weighted by Gasteiger charge is -2.43. The molecule has 1 N–H and O–H groups in total. The highest BCUT2D eigenvalue weighted by atomic mass is 79.9. The zero-order chi connectivity index (χ0) is 21.6. The number of carbonyl (C=O) groups excluding carboxylic acids is 2. The van der Waals surface area contributed by atoms with Gasteiger partial charge in [-0.1, -0.05) is 55.5 Å². The number of aryl methyl sites for hydroxylation is 2. The third-order valence-corrected chi connectivity index (χ3v) is 5.92. The molecule has 0 radical (unpaired) electrons. The second-order valence-electron chi connectivity index (χ2n) is 8.47. The molecule has 3 rings (SSSR count). The van der Waals surface area contributed by atoms with Crippen molar-refractivity contribution in [3.8, 4) is 0 Å². The van der Waals surface area contributed by atoms with E-state index in [1.807, 2.05) is 57.2 Å². The third-order valence-electron chi connectivity index (χ3n) is 5.92. The molecule has 2 unspecified atom stereocenters. The summed E-state index contributed by atoms with van der Waals surface area (Å²) in [6.07, 6.45) is 2.04. The summed E-state index contributed by atoms with van der Waals surface area (Å²) >= 11 is 0. The normalized spacial score (nSPS) is 20.4. The first kappa shape index (κ1) is 25.1. The Hall–Kier alpha value is -2.18. The number of piperidine rings is 1. The van der Waals surface area contributed by atoms with E-state index in [1.54, 1.807) is 0 Å². The van der Waals surface area contributed by atoms with Crippen LogP contribution in [0.3, 0.4) is 0 Å². The molecule has 5 nitrogen and oxygen atoms in total. The second kappa shape index (κ2) is 11.4. The van der Waals surface area contributed by atoms with Crippen LogP contribution >= 0.6 is 0 Å². The lowest BCUT2D eigenvalue weighted by atomic mass is 10.0. The highest BCUT2D eigenvalue weighted by Gasteiger charge is 2.38. The van der Waals surface area contributed by atoms with Gasteiger partial charge in [0.2, 0.25) is 0 Å². The molecule has 2 aromatic carbocycles. The first-order valence-electron chi connectivity index (χ1n) is 10.9. The summed E-state index contributed by atoms with van der Waals surface area (Å²) in [7, 11) is 0. The molecular formula is C25H33BrN2O3. The molecule has 0 bridgehead atoms. The Labute approximate surface area is 196 Å². The largest absolute Gasteiger partial charge is 1.00 e. The quantitative estimate of drug-likeness (QED) is 0.473. The van der Waals surface area contributed by atoms with Crippen molar-refractivity contribution in [2.75, 3.05) is 25.0 Å². The van der Waals surface area contributed by atoms with Gasteiger partial charge in [0.05, 0.1) is 6.54 Å². The first-order chi connectivity index (χ1) is 14.4. The third kappa shape index (κ3) is 6.91. The minimum atomic E-state index is -0.167. The van der Waals surface area contributed by atoms with E-state index >= 15 is 0 Å². The van der Waals surface area contributed by atoms with Crippen LogP contribution in [0.4, 0.5) is 5.69 Å². The van der Waals surface area contributed by atoms with Crippen molar-refractivity contribution in [3.05, 3.63) is 65.2 Å². The maximum absolute atomic E-state index is 13.1. The fourth-order valence-corrected chi connectivity index (χ4v) is 4.44. The number of likely N-dealkylation sites (tertiary alicyclic amines) is 1. The topological polar surface area (TPSA) is 55.4 Å². The summed E-state index contributed by atoms with van der Waals surface area (Å²) in [6.45, 7) is 8.52. The molecule has 6 heteroatoms. The smallest absolute Gasteiger partial charge is 0.305 e. The number of nitrogens with one attached hydrogen (secondary N) is 1. The van der Waals surface area contributed by atoms with E-state index in [1.165, 1.54) is 5.56 Å². The fraction of sp³-hybridized carbons (Fsp3) is 0.440. The predicted molar refractivity (Wildman–Crippen MR) is 119 cm³/mol. The lowest BCUT2D eigenvalue weighted by Crippen LogP contribution is -3.00. The molecule has 0 aromatic heterocycles. The van der Waals surface area contributed by atoms with Crippen LogP contribution < -0.4 is 22.3 Å². The molecule has 0 spiro atoms. The van der Waals surface area contributed by atoms with Crippen LogP contribution in [0.15, 0.2) is 48.5 Å². The van der Waals surface area contributed by atoms with E-state index in [-0.39, 0.29) is 35.0 Å². The van der Waals surface area contributed by atoms with Crippen molar-refractivity contribution in [2.45, 2.75) is 52.7 Å². The highest BCUT2D eigenvalue weighted by molar-refractivity contribution is 5.93. The van der Waals surface area contributed by atoms with Crippen LogP contribution in [0.2, 0.25) is 0 Å². The number of hydrogen-bond acceptors (Lipinski definition) is 3. The number of benzene rings is 2. The number of ether oxygens (including phenoxy) is 1. The van der Waals surface area contributed by atoms with Crippen LogP contribution in [0.5, 0.6) is 0 Å². The average Bonchev–Trinajstić information content (AvgIpc) is 2.71. The lowest BCUT2D eigenvalue weighted by molar-refractivity contribution is -0.940. The Morgan fingerprint density at radius 3 is 2.39 bits per heavy atom. The molecular weight excluding hydrogens is 456 g/mol. The number of halogens is 1. The van der Waals surface area contributed by atoms with E-state index in [0.29, 0.717) is 24.0 Å². The average molecular weight is 489 g/mol. The number of nitrogens with zero attached hydrogens (tertiary/aromatic N) is 1. The number of carbonyl (C=O) groups is 2. The van der Waals surface area contributed by atoms with Crippen molar-refractivity contribution in [1.29, 1.82) is 0 Å². The van der Waals surface area contributed by atoms with Crippen molar-refractivity contribution in [1.82, 2.24) is 0 Å². The minimum Gasteiger partial charge on any atom is -1.00 e. The predicted octanol–water partition coefficient (Wildman–Crippen LogP) is 1.38. The molecule has 1 aliphatic heterocycles. The minimum absolute atomic E-state index is 0. The molecule has 0 saturated carbocycles. The Balaban J connectivity index is 0.00000341. The van der Waals surface area contributed by atoms with Crippen molar-refractivity contribution >= 4 is 17.6 Å². The number of hydrogen-bond donors (Lipinski definition) is 1. The molecule has 168 valence electrons. The molecule has 1 fully saturated rings. The molecule has 0 aliphatic carbocycles. The summed E-state index contributed by atoms with van der Waals surface area (Å²) < 4.78 is 6.28. The summed E-state index contributed by atoms with van der Waals surface area (Å²) in [6, 6.07) is 16.3. The maximum atomic E-state index is 13.1. The second-order valence-corrected chi connectivity index (χ2v) is 8.47. The van der Waals surface area contributed by atoms with Gasteiger partial charge in [-0.2, -0.15) is 0 Å². The Morgan fingerprint density at radius 1 is 1.06 bits per heavy atom. The van der Waals surface area contributed by atoms with Gasteiger partial charge in [-0.3, -0.25) is 9.59 Å². The molecule has 1 heterocycles. The molecule has 1 amide bonds. The van der Waals surface area contributed by atoms with Crippen molar-refractivity contribution in [3.63, 3.8) is 0 Å². The van der Waals surface area contributed by atoms with E-state index < -0.39 is 0 Å². The summed E-state index contributed by atoms with van der Waals surface area (Å²) in [5.41, 5.74) is 4.21. The van der Waals surface area contributed by atoms with E-state index in [4.69, 9.17) is 4.74 Å². The van der Waals surface area contributed by atoms with Gasteiger partial charge in [0.1, 0.15) is 13.1 Å². The monoisotopic (exact) mass is 488 g/mol. The van der Waals surface area contributed by atoms with Crippen LogP contribution in [0.25, 0.3) is 0 Å². The van der Waals surface area contributed by atoms with Gasteiger partial charge >= 0.3 is 5.97 Å². The van der Waals surface area contributed by atoms with Gasteiger partial charge in [0.25, 0.3) is 5.91 Å². The SMILES string of the molecule is CCC(=O)OC1CCC[N+](CC(=O)Nc2c(C)cccc2C)(Cc2ccccc2)C1.[Br-]. The van der Waals surface area contributed by atoms with Gasteiger partial charge in [0, 0.05) is 24.1 Å². The molecule has 31 heavy (non-hydrogen) atoms. The maximum Gasteiger partial charge on any atom is 0.305 e.